The fraction of sp³-hybridized carbons (Fsp3) is 0.768. The summed E-state index contributed by atoms with van der Waals surface area (Å²) in [6, 6.07) is 0. The molecular weight excluding hydrogens is 1020 g/mol. The van der Waals surface area contributed by atoms with Gasteiger partial charge in [0.1, 0.15) is 18.8 Å². The number of carboxylic acids is 1. The number of rotatable bonds is 56. The van der Waals surface area contributed by atoms with Gasteiger partial charge in [-0.05, 0) is 109 Å². The number of hydrogen-bond acceptors (Lipinski definition) is 11. The molecule has 1 aliphatic heterocycles. The van der Waals surface area contributed by atoms with Crippen LogP contribution in [-0.4, -0.2) is 89.2 Å². The number of carbonyl (C=O) groups excluding carboxylic acids is 3. The Kier molecular flexibility index (Phi) is 52.6. The highest BCUT2D eigenvalue weighted by molar-refractivity contribution is 5.74. The van der Waals surface area contributed by atoms with Crippen LogP contribution in [0.5, 0.6) is 0 Å². The topological polar surface area (TPSA) is 175 Å². The van der Waals surface area contributed by atoms with Crippen molar-refractivity contribution in [3.8, 4) is 0 Å². The molecule has 0 aromatic heterocycles. The van der Waals surface area contributed by atoms with Gasteiger partial charge in [0.2, 0.25) is 0 Å². The molecule has 12 heteroatoms. The van der Waals surface area contributed by atoms with Crippen LogP contribution in [0.15, 0.2) is 72.9 Å². The fourth-order valence-electron chi connectivity index (χ4n) is 9.70. The molecule has 1 aliphatic rings. The SMILES string of the molecule is CC/C=C\C/C=C\C/C=C\C/C=C\CCCCCCCCC(=O)OCC(COC1OC(C(=O)O)C(O)C(O)C1OC(=O)CCCCCCCCC/C=C\CCCCCCCC)OC(=O)CCCCCCC/C=C\CCCCCCCC. The van der Waals surface area contributed by atoms with E-state index in [4.69, 9.17) is 23.7 Å². The maximum absolute atomic E-state index is 13.2. The molecule has 0 saturated carbocycles. The van der Waals surface area contributed by atoms with Crippen LogP contribution in [0.25, 0.3) is 0 Å². The van der Waals surface area contributed by atoms with Gasteiger partial charge in [0.15, 0.2) is 24.6 Å². The third kappa shape index (κ3) is 46.3. The Labute approximate surface area is 493 Å². The Morgan fingerprint density at radius 3 is 1.20 bits per heavy atom. The zero-order valence-corrected chi connectivity index (χ0v) is 51.5. The van der Waals surface area contributed by atoms with Crippen molar-refractivity contribution in [2.45, 2.75) is 327 Å². The van der Waals surface area contributed by atoms with Crippen LogP contribution in [0.3, 0.4) is 0 Å². The van der Waals surface area contributed by atoms with Gasteiger partial charge in [0.25, 0.3) is 0 Å². The first-order valence-electron chi connectivity index (χ1n) is 32.9. The monoisotopic (exact) mass is 1140 g/mol. The summed E-state index contributed by atoms with van der Waals surface area (Å²) in [6.07, 6.45) is 60.0. The van der Waals surface area contributed by atoms with Crippen LogP contribution in [0.1, 0.15) is 290 Å². The van der Waals surface area contributed by atoms with Crippen LogP contribution < -0.4 is 0 Å². The molecule has 1 fully saturated rings. The minimum atomic E-state index is -1.91. The number of carbonyl (C=O) groups is 4. The van der Waals surface area contributed by atoms with Crippen molar-refractivity contribution in [3.05, 3.63) is 72.9 Å². The van der Waals surface area contributed by atoms with Gasteiger partial charge in [-0.2, -0.15) is 0 Å². The normalized spacial score (nSPS) is 18.2. The van der Waals surface area contributed by atoms with Crippen molar-refractivity contribution in [3.63, 3.8) is 0 Å². The van der Waals surface area contributed by atoms with Crippen molar-refractivity contribution in [2.24, 2.45) is 0 Å². The third-order valence-electron chi connectivity index (χ3n) is 14.7. The highest BCUT2D eigenvalue weighted by Crippen LogP contribution is 2.27. The van der Waals surface area contributed by atoms with Gasteiger partial charge in [-0.1, -0.05) is 235 Å². The fourth-order valence-corrected chi connectivity index (χ4v) is 9.70. The maximum atomic E-state index is 13.2. The van der Waals surface area contributed by atoms with Gasteiger partial charge in [-0.15, -0.1) is 0 Å². The van der Waals surface area contributed by atoms with Crippen LogP contribution >= 0.6 is 0 Å². The van der Waals surface area contributed by atoms with Gasteiger partial charge in [-0.25, -0.2) is 4.79 Å². The second kappa shape index (κ2) is 56.6. The van der Waals surface area contributed by atoms with E-state index in [0.29, 0.717) is 19.3 Å². The summed E-state index contributed by atoms with van der Waals surface area (Å²) in [7, 11) is 0. The van der Waals surface area contributed by atoms with E-state index in [1.165, 1.54) is 96.3 Å². The van der Waals surface area contributed by atoms with Gasteiger partial charge >= 0.3 is 23.9 Å². The van der Waals surface area contributed by atoms with E-state index in [9.17, 15) is 34.5 Å². The lowest BCUT2D eigenvalue weighted by atomic mass is 9.98. The van der Waals surface area contributed by atoms with E-state index < -0.39 is 67.3 Å². The molecule has 466 valence electrons. The highest BCUT2D eigenvalue weighted by Gasteiger charge is 2.50. The van der Waals surface area contributed by atoms with E-state index in [1.54, 1.807) is 0 Å². The van der Waals surface area contributed by atoms with Gasteiger partial charge < -0.3 is 39.0 Å². The summed E-state index contributed by atoms with van der Waals surface area (Å²) < 4.78 is 28.5. The Morgan fingerprint density at radius 1 is 0.420 bits per heavy atom. The van der Waals surface area contributed by atoms with Gasteiger partial charge in [0.05, 0.1) is 6.61 Å². The van der Waals surface area contributed by atoms with Crippen molar-refractivity contribution >= 4 is 23.9 Å². The van der Waals surface area contributed by atoms with Crippen LogP contribution in [0.2, 0.25) is 0 Å². The number of hydrogen-bond donors (Lipinski definition) is 3. The summed E-state index contributed by atoms with van der Waals surface area (Å²) in [5, 5.41) is 31.6. The van der Waals surface area contributed by atoms with E-state index in [-0.39, 0.29) is 25.9 Å². The molecule has 1 rings (SSSR count). The number of allylic oxidation sites excluding steroid dienone is 12. The predicted octanol–water partition coefficient (Wildman–Crippen LogP) is 17.7. The molecule has 6 unspecified atom stereocenters. The summed E-state index contributed by atoms with van der Waals surface area (Å²) in [4.78, 5) is 51.3. The zero-order chi connectivity index (χ0) is 58.9. The van der Waals surface area contributed by atoms with Crippen LogP contribution in [0, 0.1) is 0 Å². The van der Waals surface area contributed by atoms with Gasteiger partial charge in [-0.3, -0.25) is 14.4 Å². The molecule has 1 saturated heterocycles. The summed E-state index contributed by atoms with van der Waals surface area (Å²) >= 11 is 0. The van der Waals surface area contributed by atoms with Crippen molar-refractivity contribution < 1.29 is 58.2 Å². The quantitative estimate of drug-likeness (QED) is 0.0228. The maximum Gasteiger partial charge on any atom is 0.335 e. The number of carboxylic acid groups (broad SMARTS) is 1. The first kappa shape index (κ1) is 75.2. The molecule has 0 aromatic carbocycles. The molecule has 1 heterocycles. The molecule has 0 amide bonds. The van der Waals surface area contributed by atoms with Crippen molar-refractivity contribution in [1.82, 2.24) is 0 Å². The minimum Gasteiger partial charge on any atom is -0.479 e. The first-order chi connectivity index (χ1) is 39.6. The lowest BCUT2D eigenvalue weighted by Crippen LogP contribution is -2.61. The lowest BCUT2D eigenvalue weighted by Gasteiger charge is -2.40. The summed E-state index contributed by atoms with van der Waals surface area (Å²) in [5.41, 5.74) is 0. The zero-order valence-electron chi connectivity index (χ0n) is 51.5. The molecular formula is C69H118O12. The molecule has 0 radical (unpaired) electrons. The lowest BCUT2D eigenvalue weighted by molar-refractivity contribution is -0.301. The molecule has 0 aromatic rings. The number of esters is 3. The molecule has 12 nitrogen and oxygen atoms in total. The van der Waals surface area contributed by atoms with E-state index >= 15 is 0 Å². The minimum absolute atomic E-state index is 0.0526. The van der Waals surface area contributed by atoms with E-state index in [0.717, 1.165) is 135 Å². The second-order valence-corrected chi connectivity index (χ2v) is 22.4. The number of aliphatic carboxylic acids is 1. The van der Waals surface area contributed by atoms with Crippen LogP contribution in [0.4, 0.5) is 0 Å². The molecule has 0 spiro atoms. The second-order valence-electron chi connectivity index (χ2n) is 22.4. The van der Waals surface area contributed by atoms with E-state index in [2.05, 4.69) is 93.7 Å². The Morgan fingerprint density at radius 2 is 0.778 bits per heavy atom. The number of unbranched alkanes of at least 4 members (excludes halogenated alkanes) is 30. The first-order valence-corrected chi connectivity index (χ1v) is 32.9. The number of ether oxygens (including phenoxy) is 5. The number of aliphatic hydroxyl groups excluding tert-OH is 2. The van der Waals surface area contributed by atoms with Gasteiger partial charge in [0, 0.05) is 19.3 Å². The largest absolute Gasteiger partial charge is 0.479 e. The van der Waals surface area contributed by atoms with Crippen molar-refractivity contribution in [1.29, 1.82) is 0 Å². The number of aliphatic hydroxyl groups is 2. The summed E-state index contributed by atoms with van der Waals surface area (Å²) in [5.74, 6) is -3.14. The highest BCUT2D eigenvalue weighted by atomic mass is 16.7. The molecule has 0 bridgehead atoms. The average Bonchev–Trinajstić information content (AvgIpc) is 3.53. The molecule has 3 N–H and O–H groups in total. The van der Waals surface area contributed by atoms with Crippen molar-refractivity contribution in [2.75, 3.05) is 13.2 Å². The molecule has 6 atom stereocenters. The smallest absolute Gasteiger partial charge is 0.335 e. The third-order valence-corrected chi connectivity index (χ3v) is 14.7. The molecule has 81 heavy (non-hydrogen) atoms. The Balaban J connectivity index is 2.67. The Bertz CT molecular complexity index is 1680. The summed E-state index contributed by atoms with van der Waals surface area (Å²) in [6.45, 7) is 5.88. The van der Waals surface area contributed by atoms with E-state index in [1.807, 2.05) is 0 Å². The molecule has 0 aliphatic carbocycles. The van der Waals surface area contributed by atoms with Crippen LogP contribution in [-0.2, 0) is 42.9 Å². The standard InChI is InChI=1S/C69H118O12/c1-4-7-10-13-16-19-22-25-28-30-31-33-35-37-40-43-46-49-52-55-61(70)77-58-60(79-62(71)56-53-50-47-44-41-38-34-27-24-21-18-15-12-9-6-3)59-78-69-67(65(74)64(73)66(81-69)68(75)76)80-63(72)57-54-51-48-45-42-39-36-32-29-26-23-20-17-14-11-8-5-2/h7,10,16,19,25-29,31,33-34,60,64-67,69,73-74H,4-6,8-9,11-15,17-18,20-24,30,32,35-59H2,1-3H3,(H,75,76)/b10-7-,19-16-,28-25-,29-26-,33-31-,34-27-. The average molecular weight is 1140 g/mol. The Hall–Kier alpha value is -3.84. The predicted molar refractivity (Wildman–Crippen MR) is 331 cm³/mol.